The number of anilines is 2. The number of aromatic nitrogens is 5. The van der Waals surface area contributed by atoms with Crippen LogP contribution in [0, 0.1) is 0 Å². The highest BCUT2D eigenvalue weighted by Crippen LogP contribution is 2.34. The van der Waals surface area contributed by atoms with Gasteiger partial charge in [-0.05, 0) is 26.1 Å². The van der Waals surface area contributed by atoms with E-state index < -0.39 is 12.7 Å². The number of fused-ring (bicyclic) bond motifs is 1. The molecule has 5 rings (SSSR count). The Morgan fingerprint density at radius 3 is 2.75 bits per heavy atom. The van der Waals surface area contributed by atoms with Crippen LogP contribution in [-0.4, -0.2) is 106 Å². The monoisotopic (exact) mass is 507 g/mol. The third-order valence-electron chi connectivity index (χ3n) is 6.80. The molecule has 11 nitrogen and oxygen atoms in total. The number of carbonyl (C=O) groups excluding carboxylic acids is 1. The number of H-pyrrole nitrogens is 1. The number of aromatic amines is 1. The second-order valence-electron chi connectivity index (χ2n) is 9.35. The second kappa shape index (κ2) is 9.24. The van der Waals surface area contributed by atoms with E-state index in [1.807, 2.05) is 11.9 Å². The Balaban J connectivity index is 1.43. The molecule has 0 radical (unpaired) electrons. The SMILES string of the molecule is COC1CN(c2nn(CC(F)(F)F)c3cc(-c4[nH]ncc4NC(=O)N(C)C4CCN(C)C4)ncc23)C1. The molecule has 1 atom stereocenters. The van der Waals surface area contributed by atoms with E-state index >= 15 is 0 Å². The van der Waals surface area contributed by atoms with Crippen molar-refractivity contribution < 1.29 is 22.7 Å². The first kappa shape index (κ1) is 24.3. The van der Waals surface area contributed by atoms with Gasteiger partial charge in [0.05, 0.1) is 34.6 Å². The molecule has 2 N–H and O–H groups in total. The molecule has 0 aliphatic carbocycles. The minimum absolute atomic E-state index is 0.0129. The summed E-state index contributed by atoms with van der Waals surface area (Å²) in [6.45, 7) is 1.55. The molecule has 3 aromatic rings. The molecule has 1 unspecified atom stereocenters. The Kier molecular flexibility index (Phi) is 6.24. The number of nitrogens with one attached hydrogen (secondary N) is 2. The Morgan fingerprint density at radius 1 is 1.31 bits per heavy atom. The first-order chi connectivity index (χ1) is 17.1. The molecule has 0 bridgehead atoms. The third kappa shape index (κ3) is 4.69. The molecule has 2 aliphatic rings. The maximum Gasteiger partial charge on any atom is 0.408 e. The van der Waals surface area contributed by atoms with Crippen LogP contribution in [0.25, 0.3) is 22.3 Å². The van der Waals surface area contributed by atoms with Gasteiger partial charge in [-0.3, -0.25) is 14.8 Å². The van der Waals surface area contributed by atoms with Crippen LogP contribution in [-0.2, 0) is 11.3 Å². The fraction of sp³-hybridized carbons (Fsp3) is 0.545. The molecule has 2 aliphatic heterocycles. The van der Waals surface area contributed by atoms with E-state index in [1.165, 1.54) is 18.5 Å². The summed E-state index contributed by atoms with van der Waals surface area (Å²) in [5.41, 5.74) is 1.41. The Morgan fingerprint density at radius 2 is 2.08 bits per heavy atom. The zero-order chi connectivity index (χ0) is 25.6. The summed E-state index contributed by atoms with van der Waals surface area (Å²) in [6.07, 6.45) is -0.594. The number of carbonyl (C=O) groups is 1. The van der Waals surface area contributed by atoms with Gasteiger partial charge in [0.25, 0.3) is 0 Å². The van der Waals surface area contributed by atoms with Crippen LogP contribution in [0.2, 0.25) is 0 Å². The van der Waals surface area contributed by atoms with E-state index in [0.29, 0.717) is 41.4 Å². The van der Waals surface area contributed by atoms with E-state index in [2.05, 4.69) is 30.5 Å². The van der Waals surface area contributed by atoms with E-state index in [4.69, 9.17) is 4.74 Å². The lowest BCUT2D eigenvalue weighted by Crippen LogP contribution is -2.52. The van der Waals surface area contributed by atoms with Crippen LogP contribution >= 0.6 is 0 Å². The van der Waals surface area contributed by atoms with Crippen LogP contribution in [0.3, 0.4) is 0 Å². The van der Waals surface area contributed by atoms with Crippen LogP contribution in [0.1, 0.15) is 6.42 Å². The average molecular weight is 508 g/mol. The van der Waals surface area contributed by atoms with Crippen LogP contribution in [0.4, 0.5) is 29.5 Å². The topological polar surface area (TPSA) is 107 Å². The number of rotatable bonds is 6. The molecular formula is C22H28F3N9O2. The molecule has 0 aromatic carbocycles. The van der Waals surface area contributed by atoms with Gasteiger partial charge in [0, 0.05) is 46.0 Å². The molecule has 14 heteroatoms. The number of likely N-dealkylation sites (N-methyl/N-ethyl adjacent to an activating group) is 2. The van der Waals surface area contributed by atoms with E-state index in [9.17, 15) is 18.0 Å². The number of alkyl halides is 3. The molecule has 194 valence electrons. The van der Waals surface area contributed by atoms with E-state index in [0.717, 1.165) is 24.2 Å². The minimum atomic E-state index is -4.45. The highest BCUT2D eigenvalue weighted by atomic mass is 19.4. The number of urea groups is 1. The van der Waals surface area contributed by atoms with Gasteiger partial charge >= 0.3 is 12.2 Å². The van der Waals surface area contributed by atoms with Crippen molar-refractivity contribution >= 4 is 28.4 Å². The zero-order valence-electron chi connectivity index (χ0n) is 20.2. The summed E-state index contributed by atoms with van der Waals surface area (Å²) in [6, 6.07) is 1.33. The summed E-state index contributed by atoms with van der Waals surface area (Å²) in [5.74, 6) is 0.433. The number of likely N-dealkylation sites (tertiary alicyclic amines) is 1. The predicted molar refractivity (Wildman–Crippen MR) is 127 cm³/mol. The lowest BCUT2D eigenvalue weighted by atomic mass is 10.1. The van der Waals surface area contributed by atoms with Crippen molar-refractivity contribution in [1.82, 2.24) is 34.8 Å². The third-order valence-corrected chi connectivity index (χ3v) is 6.80. The number of pyridine rings is 1. The van der Waals surface area contributed by atoms with Crippen LogP contribution in [0.15, 0.2) is 18.5 Å². The maximum atomic E-state index is 13.3. The molecule has 5 heterocycles. The molecule has 0 spiro atoms. The largest absolute Gasteiger partial charge is 0.408 e. The highest BCUT2D eigenvalue weighted by molar-refractivity contribution is 5.96. The van der Waals surface area contributed by atoms with E-state index in [1.54, 1.807) is 19.1 Å². The van der Waals surface area contributed by atoms with Crippen LogP contribution < -0.4 is 10.2 Å². The molecule has 2 fully saturated rings. The quantitative estimate of drug-likeness (QED) is 0.528. The second-order valence-corrected chi connectivity index (χ2v) is 9.35. The Hall–Kier alpha value is -3.39. The van der Waals surface area contributed by atoms with Gasteiger partial charge in [-0.15, -0.1) is 0 Å². The van der Waals surface area contributed by atoms with Crippen molar-refractivity contribution in [3.8, 4) is 11.4 Å². The normalized spacial score (nSPS) is 19.2. The summed E-state index contributed by atoms with van der Waals surface area (Å²) >= 11 is 0. The predicted octanol–water partition coefficient (Wildman–Crippen LogP) is 2.39. The highest BCUT2D eigenvalue weighted by Gasteiger charge is 2.34. The van der Waals surface area contributed by atoms with Gasteiger partial charge in [0.15, 0.2) is 5.82 Å². The van der Waals surface area contributed by atoms with Crippen molar-refractivity contribution in [3.05, 3.63) is 18.5 Å². The fourth-order valence-electron chi connectivity index (χ4n) is 4.65. The minimum Gasteiger partial charge on any atom is -0.378 e. The molecular weight excluding hydrogens is 479 g/mol. The number of halogens is 3. The average Bonchev–Trinajstić information content (AvgIpc) is 3.51. The maximum absolute atomic E-state index is 13.3. The van der Waals surface area contributed by atoms with Gasteiger partial charge < -0.3 is 24.8 Å². The first-order valence-electron chi connectivity index (χ1n) is 11.6. The molecule has 2 amide bonds. The summed E-state index contributed by atoms with van der Waals surface area (Å²) < 4.78 is 46.2. The molecule has 36 heavy (non-hydrogen) atoms. The van der Waals surface area contributed by atoms with Gasteiger partial charge in [-0.2, -0.15) is 23.4 Å². The number of amides is 2. The van der Waals surface area contributed by atoms with Gasteiger partial charge in [-0.1, -0.05) is 0 Å². The van der Waals surface area contributed by atoms with Crippen molar-refractivity contribution in [2.75, 3.05) is 57.6 Å². The number of nitrogens with zero attached hydrogens (tertiary/aromatic N) is 7. The van der Waals surface area contributed by atoms with Gasteiger partial charge in [0.2, 0.25) is 0 Å². The lowest BCUT2D eigenvalue weighted by molar-refractivity contribution is -0.141. The van der Waals surface area contributed by atoms with Gasteiger partial charge in [-0.25, -0.2) is 4.79 Å². The van der Waals surface area contributed by atoms with Crippen LogP contribution in [0.5, 0.6) is 0 Å². The number of hydrogen-bond acceptors (Lipinski definition) is 7. The standard InChI is InChI=1S/C22H28F3N9O2/c1-31-5-4-13(9-31)32(2)21(35)28-17-8-27-29-19(17)16-6-18-15(7-26-16)20(33-10-14(11-33)36-3)30-34(18)12-22(23,24)25/h6-8,13-14H,4-5,9-12H2,1-3H3,(H,27,29)(H,28,35). The lowest BCUT2D eigenvalue weighted by Gasteiger charge is -2.38. The fourth-order valence-corrected chi connectivity index (χ4v) is 4.65. The summed E-state index contributed by atoms with van der Waals surface area (Å²) in [5, 5.41) is 14.4. The zero-order valence-corrected chi connectivity index (χ0v) is 20.2. The van der Waals surface area contributed by atoms with Crippen molar-refractivity contribution in [3.63, 3.8) is 0 Å². The van der Waals surface area contributed by atoms with Crippen molar-refractivity contribution in [2.45, 2.75) is 31.3 Å². The Bertz CT molecular complexity index is 1250. The van der Waals surface area contributed by atoms with Gasteiger partial charge in [0.1, 0.15) is 12.2 Å². The number of hydrogen-bond donors (Lipinski definition) is 2. The Labute approximate surface area is 205 Å². The summed E-state index contributed by atoms with van der Waals surface area (Å²) in [7, 11) is 5.35. The molecule has 3 aromatic heterocycles. The molecule has 0 saturated carbocycles. The number of methoxy groups -OCH3 is 1. The smallest absolute Gasteiger partial charge is 0.378 e. The first-order valence-corrected chi connectivity index (χ1v) is 11.6. The van der Waals surface area contributed by atoms with Crippen molar-refractivity contribution in [1.29, 1.82) is 0 Å². The summed E-state index contributed by atoms with van der Waals surface area (Å²) in [4.78, 5) is 23.0. The molecule has 2 saturated heterocycles. The van der Waals surface area contributed by atoms with Crippen molar-refractivity contribution in [2.24, 2.45) is 0 Å². The number of ether oxygens (including phenoxy) is 1. The van der Waals surface area contributed by atoms with E-state index in [-0.39, 0.29) is 23.7 Å².